The zero-order valence-electron chi connectivity index (χ0n) is 49.1. The van der Waals surface area contributed by atoms with Crippen molar-refractivity contribution in [2.24, 2.45) is 0 Å². The van der Waals surface area contributed by atoms with Crippen LogP contribution in [0.4, 0.5) is 47.3 Å². The number of amides is 4. The number of aliphatic carboxylic acids is 1. The molecule has 0 aromatic heterocycles. The highest BCUT2D eigenvalue weighted by Crippen LogP contribution is 2.37. The highest BCUT2D eigenvalue weighted by Gasteiger charge is 2.35. The van der Waals surface area contributed by atoms with Crippen molar-refractivity contribution < 1.29 is 93.4 Å². The van der Waals surface area contributed by atoms with E-state index in [4.69, 9.17) is 28.8 Å². The maximum Gasteiger partial charge on any atom is 0.573 e. The number of nitrogens with zero attached hydrogens (tertiary/aromatic N) is 4. The molecule has 84 heavy (non-hydrogen) atoms. The largest absolute Gasteiger partial charge is 0.573 e. The quantitative estimate of drug-likeness (QED) is 0.0469. The Morgan fingerprint density at radius 1 is 0.571 bits per heavy atom. The van der Waals surface area contributed by atoms with Gasteiger partial charge in [0, 0.05) is 37.6 Å². The zero-order valence-corrected chi connectivity index (χ0v) is 49.1. The number of carboxylic acid groups (broad SMARTS) is 1. The normalized spacial score (nSPS) is 13.1. The van der Waals surface area contributed by atoms with Crippen LogP contribution in [-0.2, 0) is 59.4 Å². The van der Waals surface area contributed by atoms with Gasteiger partial charge in [-0.3, -0.25) is 29.0 Å². The van der Waals surface area contributed by atoms with E-state index in [1.165, 1.54) is 21.9 Å². The number of halogens is 6. The van der Waals surface area contributed by atoms with Crippen molar-refractivity contribution in [2.75, 3.05) is 55.7 Å². The summed E-state index contributed by atoms with van der Waals surface area (Å²) in [5.41, 5.74) is 3.22. The molecule has 2 aliphatic rings. The second-order valence-corrected chi connectivity index (χ2v) is 22.4. The SMILES string of the molecule is CC(C)c1ccc(COc2ccc3c(c2)CCN3C(=O)CN(CCC(=O)O)C(=O)OC(C)(C)C)cc1OC(F)(F)F.CCOC(=O)CCN(CC(=O)N1CCc2cc(OCc3ccc(C(C)C)c(OC(F)(F)F)c3)ccc21)C(=O)OC(C)(C)C. The van der Waals surface area contributed by atoms with E-state index in [-0.39, 0.29) is 88.1 Å². The summed E-state index contributed by atoms with van der Waals surface area (Å²) in [5.74, 6) is -2.21. The number of hydrogen-bond acceptors (Lipinski definition) is 13. The number of rotatable bonds is 21. The number of anilines is 2. The summed E-state index contributed by atoms with van der Waals surface area (Å²) < 4.78 is 113. The summed E-state index contributed by atoms with van der Waals surface area (Å²) in [7, 11) is 0. The molecule has 4 aromatic rings. The lowest BCUT2D eigenvalue weighted by atomic mass is 10.0. The Morgan fingerprint density at radius 2 is 0.964 bits per heavy atom. The molecule has 2 aliphatic heterocycles. The first-order valence-corrected chi connectivity index (χ1v) is 27.3. The van der Waals surface area contributed by atoms with Gasteiger partial charge in [0.15, 0.2) is 0 Å². The van der Waals surface area contributed by atoms with Crippen molar-refractivity contribution in [1.29, 1.82) is 0 Å². The molecule has 4 aromatic carbocycles. The van der Waals surface area contributed by atoms with Crippen molar-refractivity contribution >= 4 is 47.3 Å². The highest BCUT2D eigenvalue weighted by atomic mass is 19.4. The second-order valence-electron chi connectivity index (χ2n) is 22.4. The number of carbonyl (C=O) groups is 6. The van der Waals surface area contributed by atoms with Crippen LogP contribution in [-0.4, -0.2) is 121 Å². The zero-order chi connectivity index (χ0) is 62.5. The molecular weight excluding hydrogens is 1110 g/mol. The first kappa shape index (κ1) is 66.9. The van der Waals surface area contributed by atoms with Crippen molar-refractivity contribution in [1.82, 2.24) is 9.80 Å². The molecule has 18 nitrogen and oxygen atoms in total. The van der Waals surface area contributed by atoms with E-state index in [0.717, 1.165) is 16.0 Å². The van der Waals surface area contributed by atoms with Gasteiger partial charge in [0.05, 0.1) is 19.4 Å². The van der Waals surface area contributed by atoms with Gasteiger partial charge in [-0.2, -0.15) is 0 Å². The van der Waals surface area contributed by atoms with Gasteiger partial charge in [0.2, 0.25) is 11.8 Å². The molecule has 0 spiro atoms. The average molecular weight is 1190 g/mol. The predicted molar refractivity (Wildman–Crippen MR) is 297 cm³/mol. The Kier molecular flexibility index (Phi) is 22.7. The minimum atomic E-state index is -4.81. The molecular formula is C60H74F6N4O14. The Balaban J connectivity index is 0.000000308. The molecule has 460 valence electrons. The van der Waals surface area contributed by atoms with E-state index in [9.17, 15) is 55.1 Å². The van der Waals surface area contributed by atoms with Crippen LogP contribution in [0.15, 0.2) is 72.8 Å². The Hall–Kier alpha value is -7.92. The van der Waals surface area contributed by atoms with Crippen molar-refractivity contribution in [2.45, 2.75) is 151 Å². The molecule has 24 heteroatoms. The van der Waals surface area contributed by atoms with Crippen LogP contribution in [0.5, 0.6) is 23.0 Å². The van der Waals surface area contributed by atoms with Crippen LogP contribution in [0.3, 0.4) is 0 Å². The minimum absolute atomic E-state index is 0.00243. The molecule has 2 heterocycles. The summed E-state index contributed by atoms with van der Waals surface area (Å²) in [4.78, 5) is 80.2. The fourth-order valence-electron chi connectivity index (χ4n) is 8.81. The molecule has 6 rings (SSSR count). The standard InChI is InChI=1S/C31H39F3N2O7.C29H35F3N2O7/c1-7-40-28(38)13-14-35(29(39)43-30(4,5)6)18-27(37)36-15-12-22-17-23(9-11-25(22)36)41-19-21-8-10-24(20(2)3)26(16-21)42-31(32,33)34;1-18(2)22-8-6-19(14-24(22)40-29(30,31)32)17-39-21-7-9-23-20(15-21)10-13-34(23)25(35)16-33(12-11-26(36)37)27(38)41-28(3,4)5/h8-11,16-17,20H,7,12-15,18-19H2,1-6H3;6-9,14-15,18H,10-13,16-17H2,1-5H3,(H,36,37). The highest BCUT2D eigenvalue weighted by molar-refractivity contribution is 5.99. The number of esters is 1. The van der Waals surface area contributed by atoms with E-state index in [0.29, 0.717) is 71.1 Å². The van der Waals surface area contributed by atoms with Crippen molar-refractivity contribution in [3.63, 3.8) is 0 Å². The molecule has 0 fully saturated rings. The predicted octanol–water partition coefficient (Wildman–Crippen LogP) is 12.3. The number of carbonyl (C=O) groups excluding carboxylic acids is 5. The topological polar surface area (TPSA) is 200 Å². The van der Waals surface area contributed by atoms with E-state index >= 15 is 0 Å². The van der Waals surface area contributed by atoms with E-state index in [1.54, 1.807) is 142 Å². The second kappa shape index (κ2) is 28.6. The third kappa shape index (κ3) is 21.1. The van der Waals surface area contributed by atoms with Gasteiger partial charge >= 0.3 is 36.8 Å². The first-order chi connectivity index (χ1) is 39.1. The molecule has 0 unspecified atom stereocenters. The number of ether oxygens (including phenoxy) is 7. The number of alkyl halides is 6. The van der Waals surface area contributed by atoms with Crippen molar-refractivity contribution in [3.05, 3.63) is 106 Å². The Morgan fingerprint density at radius 3 is 1.31 bits per heavy atom. The van der Waals surface area contributed by atoms with E-state index in [1.807, 2.05) is 0 Å². The van der Waals surface area contributed by atoms with Crippen LogP contribution >= 0.6 is 0 Å². The summed E-state index contributed by atoms with van der Waals surface area (Å²) in [5, 5.41) is 9.05. The smallest absolute Gasteiger partial charge is 0.489 e. The van der Waals surface area contributed by atoms with Gasteiger partial charge in [-0.1, -0.05) is 52.0 Å². The summed E-state index contributed by atoms with van der Waals surface area (Å²) in [6.45, 7) is 19.1. The molecule has 0 atom stereocenters. The van der Waals surface area contributed by atoms with Gasteiger partial charge in [-0.15, -0.1) is 26.3 Å². The Labute approximate surface area is 484 Å². The third-order valence-electron chi connectivity index (χ3n) is 12.6. The lowest BCUT2D eigenvalue weighted by Crippen LogP contribution is -2.45. The summed E-state index contributed by atoms with van der Waals surface area (Å²) in [6.07, 6.45) is -10.5. The van der Waals surface area contributed by atoms with Gasteiger partial charge in [-0.25, -0.2) is 9.59 Å². The van der Waals surface area contributed by atoms with Crippen LogP contribution in [0, 0.1) is 0 Å². The number of benzene rings is 4. The number of hydrogen-bond donors (Lipinski definition) is 1. The monoisotopic (exact) mass is 1190 g/mol. The third-order valence-corrected chi connectivity index (χ3v) is 12.6. The fraction of sp³-hybridized carbons (Fsp3) is 0.500. The molecule has 0 bridgehead atoms. The lowest BCUT2D eigenvalue weighted by Gasteiger charge is -2.28. The van der Waals surface area contributed by atoms with Crippen molar-refractivity contribution in [3.8, 4) is 23.0 Å². The van der Waals surface area contributed by atoms with Crippen LogP contribution in [0.1, 0.15) is 134 Å². The average Bonchev–Trinajstić information content (AvgIpc) is 2.86. The van der Waals surface area contributed by atoms with Crippen LogP contribution < -0.4 is 28.7 Å². The summed E-state index contributed by atoms with van der Waals surface area (Å²) in [6, 6.07) is 19.5. The minimum Gasteiger partial charge on any atom is -0.489 e. The summed E-state index contributed by atoms with van der Waals surface area (Å²) >= 11 is 0. The van der Waals surface area contributed by atoms with Gasteiger partial charge in [-0.05, 0) is 155 Å². The Bertz CT molecular complexity index is 2970. The first-order valence-electron chi connectivity index (χ1n) is 27.3. The molecule has 0 saturated heterocycles. The lowest BCUT2D eigenvalue weighted by molar-refractivity contribution is -0.276. The van der Waals surface area contributed by atoms with Gasteiger partial charge < -0.3 is 48.1 Å². The molecule has 0 aliphatic carbocycles. The van der Waals surface area contributed by atoms with Gasteiger partial charge in [0.25, 0.3) is 0 Å². The number of fused-ring (bicyclic) bond motifs is 2. The maximum absolute atomic E-state index is 13.3. The van der Waals surface area contributed by atoms with E-state index in [2.05, 4.69) is 9.47 Å². The van der Waals surface area contributed by atoms with E-state index < -0.39 is 54.0 Å². The van der Waals surface area contributed by atoms with Gasteiger partial charge in [0.1, 0.15) is 60.5 Å². The fourth-order valence-corrected chi connectivity index (χ4v) is 8.81. The maximum atomic E-state index is 13.3. The number of carboxylic acids is 1. The molecule has 0 saturated carbocycles. The molecule has 4 amide bonds. The van der Waals surface area contributed by atoms with Crippen LogP contribution in [0.2, 0.25) is 0 Å². The van der Waals surface area contributed by atoms with Crippen LogP contribution in [0.25, 0.3) is 0 Å². The molecule has 1 N–H and O–H groups in total. The molecule has 0 radical (unpaired) electrons.